The summed E-state index contributed by atoms with van der Waals surface area (Å²) < 4.78 is 11.3. The SMILES string of the molecule is O=C1CCNC(=O)N1C[C@H]1COc2ccccc2O1. The Morgan fingerprint density at radius 2 is 2.05 bits per heavy atom. The Balaban J connectivity index is 1.68. The summed E-state index contributed by atoms with van der Waals surface area (Å²) in [5.74, 6) is 1.16. The topological polar surface area (TPSA) is 67.9 Å². The molecule has 3 rings (SSSR count). The van der Waals surface area contributed by atoms with Crippen molar-refractivity contribution < 1.29 is 19.1 Å². The molecule has 100 valence electrons. The van der Waals surface area contributed by atoms with Gasteiger partial charge in [0.25, 0.3) is 0 Å². The Labute approximate surface area is 110 Å². The highest BCUT2D eigenvalue weighted by Gasteiger charge is 2.31. The predicted molar refractivity (Wildman–Crippen MR) is 66.1 cm³/mol. The zero-order chi connectivity index (χ0) is 13.2. The van der Waals surface area contributed by atoms with E-state index in [9.17, 15) is 9.59 Å². The van der Waals surface area contributed by atoms with Crippen molar-refractivity contribution in [3.63, 3.8) is 0 Å². The van der Waals surface area contributed by atoms with Crippen molar-refractivity contribution in [2.24, 2.45) is 0 Å². The Hall–Kier alpha value is -2.24. The van der Waals surface area contributed by atoms with Crippen LogP contribution in [0.4, 0.5) is 4.79 Å². The van der Waals surface area contributed by atoms with Gasteiger partial charge < -0.3 is 14.8 Å². The molecule has 1 saturated heterocycles. The van der Waals surface area contributed by atoms with Gasteiger partial charge in [0.15, 0.2) is 17.6 Å². The van der Waals surface area contributed by atoms with Crippen LogP contribution in [0.3, 0.4) is 0 Å². The molecule has 6 nitrogen and oxygen atoms in total. The number of ether oxygens (including phenoxy) is 2. The number of carbonyl (C=O) groups is 2. The predicted octanol–water partition coefficient (Wildman–Crippen LogP) is 0.768. The van der Waals surface area contributed by atoms with Crippen LogP contribution >= 0.6 is 0 Å². The van der Waals surface area contributed by atoms with Crippen molar-refractivity contribution in [2.75, 3.05) is 19.7 Å². The standard InChI is InChI=1S/C13H14N2O4/c16-12-5-6-14-13(17)15(12)7-9-8-18-10-3-1-2-4-11(10)19-9/h1-4,9H,5-8H2,(H,14,17)/t9-/m0/s1. The van der Waals surface area contributed by atoms with Gasteiger partial charge in [-0.2, -0.15) is 0 Å². The molecule has 1 N–H and O–H groups in total. The Morgan fingerprint density at radius 1 is 1.26 bits per heavy atom. The molecule has 3 amide bonds. The van der Waals surface area contributed by atoms with E-state index in [4.69, 9.17) is 9.47 Å². The highest BCUT2D eigenvalue weighted by molar-refractivity contribution is 5.96. The average molecular weight is 262 g/mol. The molecular formula is C13H14N2O4. The van der Waals surface area contributed by atoms with Crippen LogP contribution in [-0.4, -0.2) is 42.6 Å². The van der Waals surface area contributed by atoms with Crippen molar-refractivity contribution in [3.8, 4) is 11.5 Å². The van der Waals surface area contributed by atoms with Crippen molar-refractivity contribution in [1.29, 1.82) is 0 Å². The van der Waals surface area contributed by atoms with E-state index in [1.165, 1.54) is 4.90 Å². The van der Waals surface area contributed by atoms with Gasteiger partial charge in [0.2, 0.25) is 5.91 Å². The molecule has 0 bridgehead atoms. The molecule has 2 aliphatic rings. The summed E-state index contributed by atoms with van der Waals surface area (Å²) in [6, 6.07) is 6.98. The van der Waals surface area contributed by atoms with Gasteiger partial charge in [0.05, 0.1) is 6.54 Å². The average Bonchev–Trinajstić information content (AvgIpc) is 2.43. The number of benzene rings is 1. The number of carbonyl (C=O) groups excluding carboxylic acids is 2. The molecule has 1 aromatic rings. The number of rotatable bonds is 2. The summed E-state index contributed by atoms with van der Waals surface area (Å²) in [7, 11) is 0. The zero-order valence-electron chi connectivity index (χ0n) is 10.3. The van der Waals surface area contributed by atoms with Crippen LogP contribution in [0.15, 0.2) is 24.3 Å². The first-order valence-corrected chi connectivity index (χ1v) is 6.21. The number of imide groups is 1. The van der Waals surface area contributed by atoms with Crippen LogP contribution in [0, 0.1) is 0 Å². The van der Waals surface area contributed by atoms with Crippen molar-refractivity contribution in [2.45, 2.75) is 12.5 Å². The maximum absolute atomic E-state index is 11.7. The third-order valence-electron chi connectivity index (χ3n) is 3.12. The van der Waals surface area contributed by atoms with Gasteiger partial charge in [0, 0.05) is 13.0 Å². The van der Waals surface area contributed by atoms with Crippen LogP contribution in [-0.2, 0) is 4.79 Å². The van der Waals surface area contributed by atoms with E-state index < -0.39 is 0 Å². The fourth-order valence-corrected chi connectivity index (χ4v) is 2.16. The highest BCUT2D eigenvalue weighted by atomic mass is 16.6. The summed E-state index contributed by atoms with van der Waals surface area (Å²) in [5, 5.41) is 2.64. The van der Waals surface area contributed by atoms with E-state index in [0.717, 1.165) is 0 Å². The molecule has 0 saturated carbocycles. The fraction of sp³-hybridized carbons (Fsp3) is 0.385. The maximum Gasteiger partial charge on any atom is 0.324 e. The van der Waals surface area contributed by atoms with Crippen molar-refractivity contribution >= 4 is 11.9 Å². The van der Waals surface area contributed by atoms with Gasteiger partial charge in [-0.25, -0.2) is 4.79 Å². The molecule has 19 heavy (non-hydrogen) atoms. The largest absolute Gasteiger partial charge is 0.486 e. The number of hydrogen-bond donors (Lipinski definition) is 1. The van der Waals surface area contributed by atoms with E-state index in [-0.39, 0.29) is 24.6 Å². The van der Waals surface area contributed by atoms with Crippen molar-refractivity contribution in [1.82, 2.24) is 10.2 Å². The van der Waals surface area contributed by atoms with E-state index >= 15 is 0 Å². The van der Waals surface area contributed by atoms with Crippen LogP contribution in [0.5, 0.6) is 11.5 Å². The number of fused-ring (bicyclic) bond motifs is 1. The first-order chi connectivity index (χ1) is 9.24. The summed E-state index contributed by atoms with van der Waals surface area (Å²) in [6.07, 6.45) is -0.00156. The molecule has 0 aliphatic carbocycles. The Bertz CT molecular complexity index is 501. The normalized spacial score (nSPS) is 22.1. The summed E-state index contributed by atoms with van der Waals surface area (Å²) in [6.45, 7) is 0.937. The van der Waals surface area contributed by atoms with Gasteiger partial charge in [-0.15, -0.1) is 0 Å². The summed E-state index contributed by atoms with van der Waals surface area (Å²) in [4.78, 5) is 24.5. The first kappa shape index (κ1) is 11.8. The molecule has 1 atom stereocenters. The van der Waals surface area contributed by atoms with Crippen LogP contribution in [0.2, 0.25) is 0 Å². The second-order valence-corrected chi connectivity index (χ2v) is 4.48. The number of urea groups is 1. The van der Waals surface area contributed by atoms with Crippen LogP contribution in [0.1, 0.15) is 6.42 Å². The molecule has 0 unspecified atom stereocenters. The van der Waals surface area contributed by atoms with E-state index in [0.29, 0.717) is 31.1 Å². The maximum atomic E-state index is 11.7. The Morgan fingerprint density at radius 3 is 2.84 bits per heavy atom. The van der Waals surface area contributed by atoms with Crippen LogP contribution < -0.4 is 14.8 Å². The minimum absolute atomic E-state index is 0.175. The first-order valence-electron chi connectivity index (χ1n) is 6.21. The molecule has 6 heteroatoms. The molecule has 2 aliphatic heterocycles. The number of nitrogens with one attached hydrogen (secondary N) is 1. The second-order valence-electron chi connectivity index (χ2n) is 4.48. The molecule has 0 aromatic heterocycles. The van der Waals surface area contributed by atoms with Crippen LogP contribution in [0.25, 0.3) is 0 Å². The van der Waals surface area contributed by atoms with E-state index in [2.05, 4.69) is 5.32 Å². The van der Waals surface area contributed by atoms with Gasteiger partial charge in [-0.05, 0) is 12.1 Å². The van der Waals surface area contributed by atoms with E-state index in [1.54, 1.807) is 6.07 Å². The Kier molecular flexibility index (Phi) is 2.98. The zero-order valence-corrected chi connectivity index (χ0v) is 10.3. The number of hydrogen-bond acceptors (Lipinski definition) is 4. The molecule has 2 heterocycles. The van der Waals surface area contributed by atoms with Gasteiger partial charge in [0.1, 0.15) is 6.61 Å². The second kappa shape index (κ2) is 4.79. The third kappa shape index (κ3) is 2.33. The third-order valence-corrected chi connectivity index (χ3v) is 3.12. The lowest BCUT2D eigenvalue weighted by Gasteiger charge is -2.32. The van der Waals surface area contributed by atoms with E-state index in [1.807, 2.05) is 18.2 Å². The minimum atomic E-state index is -0.362. The summed E-state index contributed by atoms with van der Waals surface area (Å²) >= 11 is 0. The highest BCUT2D eigenvalue weighted by Crippen LogP contribution is 2.31. The molecule has 1 fully saturated rings. The lowest BCUT2D eigenvalue weighted by atomic mass is 10.2. The fourth-order valence-electron chi connectivity index (χ4n) is 2.16. The van der Waals surface area contributed by atoms with Gasteiger partial charge >= 0.3 is 6.03 Å². The number of nitrogens with zero attached hydrogens (tertiary/aromatic N) is 1. The molecule has 1 aromatic carbocycles. The molecular weight excluding hydrogens is 248 g/mol. The lowest BCUT2D eigenvalue weighted by molar-refractivity contribution is -0.130. The summed E-state index contributed by atoms with van der Waals surface area (Å²) in [5.41, 5.74) is 0. The monoisotopic (exact) mass is 262 g/mol. The molecule has 0 spiro atoms. The number of para-hydroxylation sites is 2. The van der Waals surface area contributed by atoms with Gasteiger partial charge in [-0.1, -0.05) is 12.1 Å². The lowest BCUT2D eigenvalue weighted by Crippen LogP contribution is -2.54. The molecule has 0 radical (unpaired) electrons. The van der Waals surface area contributed by atoms with Crippen molar-refractivity contribution in [3.05, 3.63) is 24.3 Å². The quantitative estimate of drug-likeness (QED) is 0.854. The number of amides is 3. The van der Waals surface area contributed by atoms with Gasteiger partial charge in [-0.3, -0.25) is 9.69 Å². The minimum Gasteiger partial charge on any atom is -0.486 e. The smallest absolute Gasteiger partial charge is 0.324 e.